The summed E-state index contributed by atoms with van der Waals surface area (Å²) in [4.78, 5) is 12.5. The minimum atomic E-state index is -0.436. The Balaban J connectivity index is 1.55. The Morgan fingerprint density at radius 1 is 1.10 bits per heavy atom. The van der Waals surface area contributed by atoms with E-state index in [1.165, 1.54) is 0 Å². The normalized spacial score (nSPS) is 11.5. The molecule has 1 N–H and O–H groups in total. The predicted octanol–water partition coefficient (Wildman–Crippen LogP) is 7.44. The molecule has 0 saturated carbocycles. The van der Waals surface area contributed by atoms with Gasteiger partial charge in [0.15, 0.2) is 5.76 Å². The number of nitrogens with one attached hydrogen (secondary N) is 1. The number of furan rings is 1. The van der Waals surface area contributed by atoms with Gasteiger partial charge >= 0.3 is 5.91 Å². The van der Waals surface area contributed by atoms with Gasteiger partial charge in [-0.3, -0.25) is 4.79 Å². The second kappa shape index (κ2) is 8.82. The van der Waals surface area contributed by atoms with E-state index in [4.69, 9.17) is 27.6 Å². The molecule has 158 valence electrons. The average molecular weight is 584 g/mol. The molecule has 0 unspecified atom stereocenters. The van der Waals surface area contributed by atoms with Crippen LogP contribution in [0.1, 0.15) is 27.5 Å². The smallest absolute Gasteiger partial charge is 0.307 e. The third-order valence-corrected chi connectivity index (χ3v) is 6.55. The molecule has 0 aliphatic heterocycles. The number of hydrazone groups is 1. The molecule has 0 fully saturated rings. The second-order valence-corrected chi connectivity index (χ2v) is 9.46. The number of carbonyl (C=O) groups is 1. The summed E-state index contributed by atoms with van der Waals surface area (Å²) in [6.45, 7) is 3.95. The van der Waals surface area contributed by atoms with Crippen molar-refractivity contribution in [3.63, 3.8) is 0 Å². The lowest BCUT2D eigenvalue weighted by atomic mass is 10.2. The van der Waals surface area contributed by atoms with Crippen LogP contribution in [0.3, 0.4) is 0 Å². The van der Waals surface area contributed by atoms with Gasteiger partial charge in [0.25, 0.3) is 0 Å². The molecule has 0 atom stereocenters. The van der Waals surface area contributed by atoms with Gasteiger partial charge in [0, 0.05) is 32.5 Å². The van der Waals surface area contributed by atoms with Crippen LogP contribution in [0.25, 0.3) is 16.7 Å². The summed E-state index contributed by atoms with van der Waals surface area (Å²) in [6.07, 6.45) is 1.60. The van der Waals surface area contributed by atoms with Gasteiger partial charge in [-0.1, -0.05) is 39.1 Å². The molecule has 0 radical (unpaired) electrons. The first kappa shape index (κ1) is 22.1. The summed E-state index contributed by atoms with van der Waals surface area (Å²) in [5.41, 5.74) is 6.82. The number of hydrogen-bond donors (Lipinski definition) is 1. The number of rotatable bonds is 4. The van der Waals surface area contributed by atoms with Crippen molar-refractivity contribution in [2.45, 2.75) is 13.8 Å². The second-order valence-electron chi connectivity index (χ2n) is 6.88. The van der Waals surface area contributed by atoms with Crippen LogP contribution in [-0.2, 0) is 0 Å². The van der Waals surface area contributed by atoms with Crippen molar-refractivity contribution in [3.8, 4) is 5.69 Å². The molecule has 0 aliphatic rings. The molecule has 2 aromatic carbocycles. The Hall–Kier alpha value is -2.06. The zero-order valence-electron chi connectivity index (χ0n) is 16.3. The zero-order chi connectivity index (χ0) is 22.3. The molecule has 4 rings (SSSR count). The van der Waals surface area contributed by atoms with Crippen LogP contribution in [0.5, 0.6) is 0 Å². The van der Waals surface area contributed by atoms with Crippen molar-refractivity contribution in [2.75, 3.05) is 0 Å². The molecule has 31 heavy (non-hydrogen) atoms. The molecule has 1 amide bonds. The Morgan fingerprint density at radius 2 is 1.87 bits per heavy atom. The standard InChI is InChI=1S/C22H15Br2Cl2N3O2/c1-11-5-14(12(2)29(11)16-3-4-18(25)19(26)9-16)10-27-28-22(30)20-7-13-6-15(23)8-17(24)21(13)31-20/h3-10H,1-2H3,(H,28,30)/b27-10+. The molecular weight excluding hydrogens is 569 g/mol. The van der Waals surface area contributed by atoms with E-state index in [0.29, 0.717) is 15.6 Å². The van der Waals surface area contributed by atoms with E-state index in [0.717, 1.165) is 37.0 Å². The van der Waals surface area contributed by atoms with Gasteiger partial charge in [0.1, 0.15) is 5.58 Å². The molecule has 9 heteroatoms. The number of nitrogens with zero attached hydrogens (tertiary/aromatic N) is 2. The molecule has 4 aromatic rings. The van der Waals surface area contributed by atoms with E-state index in [-0.39, 0.29) is 5.76 Å². The maximum atomic E-state index is 12.5. The largest absolute Gasteiger partial charge is 0.450 e. The first-order valence-corrected chi connectivity index (χ1v) is 11.4. The maximum absolute atomic E-state index is 12.5. The molecule has 0 bridgehead atoms. The number of benzene rings is 2. The molecule has 0 aliphatic carbocycles. The van der Waals surface area contributed by atoms with Gasteiger partial charge in [-0.2, -0.15) is 5.10 Å². The van der Waals surface area contributed by atoms with E-state index in [9.17, 15) is 4.79 Å². The zero-order valence-corrected chi connectivity index (χ0v) is 21.0. The van der Waals surface area contributed by atoms with Crippen molar-refractivity contribution in [3.05, 3.63) is 84.2 Å². The number of halogens is 4. The van der Waals surface area contributed by atoms with E-state index < -0.39 is 5.91 Å². The third-order valence-electron chi connectivity index (χ3n) is 4.76. The van der Waals surface area contributed by atoms with Gasteiger partial charge in [-0.15, -0.1) is 0 Å². The molecular formula is C22H15Br2Cl2N3O2. The third kappa shape index (κ3) is 4.46. The number of hydrogen-bond acceptors (Lipinski definition) is 3. The van der Waals surface area contributed by atoms with Crippen LogP contribution in [0.4, 0.5) is 0 Å². The summed E-state index contributed by atoms with van der Waals surface area (Å²) in [7, 11) is 0. The van der Waals surface area contributed by atoms with Crippen LogP contribution in [0.2, 0.25) is 10.0 Å². The number of fused-ring (bicyclic) bond motifs is 1. The first-order chi connectivity index (χ1) is 14.7. The van der Waals surface area contributed by atoms with Crippen LogP contribution in [0.15, 0.2) is 60.9 Å². The van der Waals surface area contributed by atoms with Crippen molar-refractivity contribution in [1.82, 2.24) is 9.99 Å². The predicted molar refractivity (Wildman–Crippen MR) is 132 cm³/mol. The van der Waals surface area contributed by atoms with Crippen LogP contribution < -0.4 is 5.43 Å². The minimum Gasteiger partial charge on any atom is -0.450 e. The summed E-state index contributed by atoms with van der Waals surface area (Å²) in [5.74, 6) is -0.263. The Kier molecular flexibility index (Phi) is 6.30. The van der Waals surface area contributed by atoms with E-state index in [1.54, 1.807) is 18.3 Å². The quantitative estimate of drug-likeness (QED) is 0.200. The highest BCUT2D eigenvalue weighted by Crippen LogP contribution is 2.31. The lowest BCUT2D eigenvalue weighted by molar-refractivity contribution is 0.0929. The Morgan fingerprint density at radius 3 is 2.61 bits per heavy atom. The SMILES string of the molecule is Cc1cc(/C=N/NC(=O)c2cc3cc(Br)cc(Br)c3o2)c(C)n1-c1ccc(Cl)c(Cl)c1. The van der Waals surface area contributed by atoms with Gasteiger partial charge in [0.05, 0.1) is 20.7 Å². The Labute approximate surface area is 205 Å². The number of amides is 1. The number of aryl methyl sites for hydroxylation is 1. The van der Waals surface area contributed by atoms with Gasteiger partial charge < -0.3 is 8.98 Å². The highest BCUT2D eigenvalue weighted by molar-refractivity contribution is 9.11. The van der Waals surface area contributed by atoms with Crippen LogP contribution in [0, 0.1) is 13.8 Å². The highest BCUT2D eigenvalue weighted by Gasteiger charge is 2.15. The Bertz CT molecular complexity index is 1360. The fraction of sp³-hybridized carbons (Fsp3) is 0.0909. The van der Waals surface area contributed by atoms with Gasteiger partial charge in [0.2, 0.25) is 0 Å². The highest BCUT2D eigenvalue weighted by atomic mass is 79.9. The van der Waals surface area contributed by atoms with Crippen molar-refractivity contribution >= 4 is 78.2 Å². The fourth-order valence-corrected chi connectivity index (χ4v) is 4.97. The van der Waals surface area contributed by atoms with Crippen LogP contribution in [-0.4, -0.2) is 16.7 Å². The van der Waals surface area contributed by atoms with Crippen molar-refractivity contribution in [1.29, 1.82) is 0 Å². The number of aromatic nitrogens is 1. The van der Waals surface area contributed by atoms with Gasteiger partial charge in [-0.25, -0.2) is 5.43 Å². The van der Waals surface area contributed by atoms with Crippen molar-refractivity contribution < 1.29 is 9.21 Å². The van der Waals surface area contributed by atoms with Crippen molar-refractivity contribution in [2.24, 2.45) is 5.10 Å². The number of carbonyl (C=O) groups excluding carboxylic acids is 1. The summed E-state index contributed by atoms with van der Waals surface area (Å²) >= 11 is 19.1. The summed E-state index contributed by atoms with van der Waals surface area (Å²) in [6, 6.07) is 12.8. The lowest BCUT2D eigenvalue weighted by Gasteiger charge is -2.10. The molecule has 5 nitrogen and oxygen atoms in total. The van der Waals surface area contributed by atoms with E-state index in [1.807, 2.05) is 48.7 Å². The summed E-state index contributed by atoms with van der Waals surface area (Å²) < 4.78 is 9.35. The maximum Gasteiger partial charge on any atom is 0.307 e. The fourth-order valence-electron chi connectivity index (χ4n) is 3.34. The summed E-state index contributed by atoms with van der Waals surface area (Å²) in [5, 5.41) is 5.90. The molecule has 2 aromatic heterocycles. The molecule has 0 saturated heterocycles. The average Bonchev–Trinajstić information content (AvgIpc) is 3.25. The van der Waals surface area contributed by atoms with Crippen LogP contribution >= 0.6 is 55.1 Å². The monoisotopic (exact) mass is 581 g/mol. The van der Waals surface area contributed by atoms with Gasteiger partial charge in [-0.05, 0) is 72.2 Å². The minimum absolute atomic E-state index is 0.173. The topological polar surface area (TPSA) is 59.5 Å². The van der Waals surface area contributed by atoms with E-state index in [2.05, 4.69) is 42.4 Å². The van der Waals surface area contributed by atoms with E-state index >= 15 is 0 Å². The first-order valence-electron chi connectivity index (χ1n) is 9.11. The molecule has 0 spiro atoms. The lowest BCUT2D eigenvalue weighted by Crippen LogP contribution is -2.16. The molecule has 2 heterocycles.